The molecular weight excluding hydrogens is 622 g/mol. The van der Waals surface area contributed by atoms with Crippen molar-refractivity contribution in [1.29, 1.82) is 0 Å². The smallest absolute Gasteiger partial charge is 0.262 e. The van der Waals surface area contributed by atoms with Crippen LogP contribution in [-0.2, 0) is 9.59 Å². The maximum atomic E-state index is 13.1. The van der Waals surface area contributed by atoms with Gasteiger partial charge in [0.1, 0.15) is 6.04 Å². The van der Waals surface area contributed by atoms with Crippen LogP contribution in [0.5, 0.6) is 0 Å². The van der Waals surface area contributed by atoms with Crippen molar-refractivity contribution in [3.8, 4) is 0 Å². The number of rotatable bonds is 10. The summed E-state index contributed by atoms with van der Waals surface area (Å²) in [6, 6.07) is 11.8. The van der Waals surface area contributed by atoms with E-state index < -0.39 is 29.7 Å². The maximum absolute atomic E-state index is 13.1. The third-order valence-electron chi connectivity index (χ3n) is 10.6. The summed E-state index contributed by atoms with van der Waals surface area (Å²) in [6.45, 7) is 2.78. The largest absolute Gasteiger partial charge is 0.404 e. The second kappa shape index (κ2) is 12.7. The molecule has 1 saturated carbocycles. The number of piperidine rings is 1. The van der Waals surface area contributed by atoms with Crippen molar-refractivity contribution in [2.45, 2.75) is 69.1 Å². The number of amides is 4. The summed E-state index contributed by atoms with van der Waals surface area (Å²) in [5, 5.41) is 9.14. The fraction of sp³-hybridized carbons (Fsp3) is 0.417. The van der Waals surface area contributed by atoms with Crippen molar-refractivity contribution in [2.75, 3.05) is 29.9 Å². The summed E-state index contributed by atoms with van der Waals surface area (Å²) < 4.78 is 0. The number of carbonyl (C=O) groups excluding carboxylic acids is 4. The molecular formula is C36H39N9O4. The van der Waals surface area contributed by atoms with E-state index in [1.807, 2.05) is 12.3 Å². The van der Waals surface area contributed by atoms with Crippen LogP contribution in [0.3, 0.4) is 0 Å². The van der Waals surface area contributed by atoms with E-state index in [0.29, 0.717) is 23.7 Å². The molecule has 3 unspecified atom stereocenters. The summed E-state index contributed by atoms with van der Waals surface area (Å²) in [5.74, 6) is -1.42. The normalized spacial score (nSPS) is 26.5. The first-order valence-corrected chi connectivity index (χ1v) is 17.2. The second-order valence-corrected chi connectivity index (χ2v) is 13.7. The minimum absolute atomic E-state index is 0.0932. The lowest BCUT2D eigenvalue weighted by molar-refractivity contribution is -0.136. The van der Waals surface area contributed by atoms with E-state index in [1.165, 1.54) is 12.1 Å². The fourth-order valence-corrected chi connectivity index (χ4v) is 7.84. The number of allylic oxidation sites excluding steroid dienone is 1. The number of fused-ring (bicyclic) bond motifs is 4. The van der Waals surface area contributed by atoms with Gasteiger partial charge in [-0.25, -0.2) is 4.98 Å². The molecule has 3 saturated heterocycles. The van der Waals surface area contributed by atoms with Gasteiger partial charge in [0, 0.05) is 67.5 Å². The summed E-state index contributed by atoms with van der Waals surface area (Å²) in [4.78, 5) is 67.6. The van der Waals surface area contributed by atoms with Crippen LogP contribution in [0.4, 0.5) is 11.4 Å². The zero-order valence-electron chi connectivity index (χ0n) is 27.1. The predicted molar refractivity (Wildman–Crippen MR) is 185 cm³/mol. The number of carbonyl (C=O) groups is 4. The molecule has 3 atom stereocenters. The van der Waals surface area contributed by atoms with Gasteiger partial charge in [0.2, 0.25) is 11.8 Å². The molecule has 5 aliphatic rings. The highest BCUT2D eigenvalue weighted by atomic mass is 16.2. The molecule has 1 aromatic heterocycles. The zero-order chi connectivity index (χ0) is 33.6. The topological polar surface area (TPSA) is 175 Å². The predicted octanol–water partition coefficient (Wildman–Crippen LogP) is 2.62. The Labute approximate surface area is 283 Å². The number of imide groups is 2. The van der Waals surface area contributed by atoms with E-state index in [9.17, 15) is 19.2 Å². The molecule has 4 amide bonds. The number of nitrogens with one attached hydrogen (secondary N) is 3. The SMILES string of the molecule is NC=C(C=NC1CC(CCCNc2ccc3c(c2)C(=O)N(C2CCC(=O)NC2=O)C3=O)C1)c1cnc2ccc(N3CC4CC3CN4)cc2n1. The van der Waals surface area contributed by atoms with Gasteiger partial charge in [-0.3, -0.25) is 39.4 Å². The lowest BCUT2D eigenvalue weighted by Crippen LogP contribution is -2.54. The van der Waals surface area contributed by atoms with Crippen LogP contribution in [0, 0.1) is 5.92 Å². The highest BCUT2D eigenvalue weighted by molar-refractivity contribution is 6.23. The van der Waals surface area contributed by atoms with Gasteiger partial charge in [0.25, 0.3) is 11.8 Å². The Bertz CT molecular complexity index is 1920. The Hall–Kier alpha value is -5.17. The lowest BCUT2D eigenvalue weighted by atomic mass is 9.78. The van der Waals surface area contributed by atoms with Gasteiger partial charge in [-0.05, 0) is 80.8 Å². The molecule has 1 aliphatic carbocycles. The van der Waals surface area contributed by atoms with E-state index in [4.69, 9.17) is 15.7 Å². The van der Waals surface area contributed by atoms with Crippen LogP contribution in [0.2, 0.25) is 0 Å². The Morgan fingerprint density at radius 2 is 1.90 bits per heavy atom. The number of aromatic nitrogens is 2. The molecule has 5 heterocycles. The van der Waals surface area contributed by atoms with Gasteiger partial charge >= 0.3 is 0 Å². The number of nitrogens with zero attached hydrogens (tertiary/aromatic N) is 5. The highest BCUT2D eigenvalue weighted by Crippen LogP contribution is 2.35. The highest BCUT2D eigenvalue weighted by Gasteiger charge is 2.44. The minimum Gasteiger partial charge on any atom is -0.404 e. The number of piperazine rings is 1. The zero-order valence-corrected chi connectivity index (χ0v) is 27.1. The minimum atomic E-state index is -0.969. The molecule has 49 heavy (non-hydrogen) atoms. The quantitative estimate of drug-likeness (QED) is 0.144. The van der Waals surface area contributed by atoms with Gasteiger partial charge in [-0.15, -0.1) is 0 Å². The first-order chi connectivity index (χ1) is 23.8. The van der Waals surface area contributed by atoms with Gasteiger partial charge in [-0.1, -0.05) is 0 Å². The molecule has 4 fully saturated rings. The van der Waals surface area contributed by atoms with Gasteiger partial charge in [0.05, 0.1) is 40.1 Å². The summed E-state index contributed by atoms with van der Waals surface area (Å²) in [5.41, 5.74) is 11.7. The van der Waals surface area contributed by atoms with E-state index in [2.05, 4.69) is 38.0 Å². The summed E-state index contributed by atoms with van der Waals surface area (Å²) in [7, 11) is 0. The number of hydrogen-bond donors (Lipinski definition) is 4. The lowest BCUT2D eigenvalue weighted by Gasteiger charge is -2.32. The monoisotopic (exact) mass is 661 g/mol. The van der Waals surface area contributed by atoms with Crippen molar-refractivity contribution in [2.24, 2.45) is 16.6 Å². The first kappa shape index (κ1) is 31.1. The molecule has 5 N–H and O–H groups in total. The van der Waals surface area contributed by atoms with Gasteiger partial charge in [0.15, 0.2) is 0 Å². The molecule has 2 aromatic carbocycles. The third kappa shape index (κ3) is 5.92. The second-order valence-electron chi connectivity index (χ2n) is 13.7. The van der Waals surface area contributed by atoms with Crippen molar-refractivity contribution >= 4 is 57.8 Å². The van der Waals surface area contributed by atoms with E-state index in [-0.39, 0.29) is 30.0 Å². The molecule has 13 nitrogen and oxygen atoms in total. The van der Waals surface area contributed by atoms with E-state index >= 15 is 0 Å². The van der Waals surface area contributed by atoms with Crippen LogP contribution in [-0.4, -0.2) is 88.5 Å². The molecule has 13 heteroatoms. The number of nitrogens with two attached hydrogens (primary N) is 1. The number of benzene rings is 2. The fourth-order valence-electron chi connectivity index (χ4n) is 7.84. The van der Waals surface area contributed by atoms with E-state index in [1.54, 1.807) is 30.6 Å². The van der Waals surface area contributed by atoms with E-state index in [0.717, 1.165) is 72.5 Å². The van der Waals surface area contributed by atoms with Crippen molar-refractivity contribution in [1.82, 2.24) is 25.5 Å². The van der Waals surface area contributed by atoms with Crippen molar-refractivity contribution < 1.29 is 19.2 Å². The number of anilines is 2. The molecule has 3 aromatic rings. The summed E-state index contributed by atoms with van der Waals surface area (Å²) >= 11 is 0. The first-order valence-electron chi connectivity index (χ1n) is 17.2. The third-order valence-corrected chi connectivity index (χ3v) is 10.6. The van der Waals surface area contributed by atoms with Crippen LogP contribution >= 0.6 is 0 Å². The standard InChI is InChI=1S/C36H39N9O4/c37-15-21(31-18-41-29-6-4-25(14-30(29)42-31)44-19-24-12-26(44)17-40-24)16-39-23-10-20(11-23)2-1-9-38-22-3-5-27-28(13-22)36(49)45(35(27)48)32-7-8-33(46)43-34(32)47/h3-6,13-16,18,20,23-24,26,32,38,40H,1-2,7-12,17,19,37H2,(H,43,46,47). The van der Waals surface area contributed by atoms with Gasteiger partial charge in [-0.2, -0.15) is 0 Å². The molecule has 2 bridgehead atoms. The number of aliphatic imine (C=N–C) groups is 1. The maximum Gasteiger partial charge on any atom is 0.262 e. The number of hydrogen-bond acceptors (Lipinski definition) is 11. The Morgan fingerprint density at radius 1 is 1.04 bits per heavy atom. The van der Waals surface area contributed by atoms with Crippen molar-refractivity contribution in [3.05, 3.63) is 65.6 Å². The van der Waals surface area contributed by atoms with Crippen LogP contribution in [0.1, 0.15) is 71.4 Å². The Balaban J connectivity index is 0.804. The van der Waals surface area contributed by atoms with Crippen LogP contribution in [0.15, 0.2) is 53.8 Å². The molecule has 8 rings (SSSR count). The molecule has 252 valence electrons. The average molecular weight is 662 g/mol. The van der Waals surface area contributed by atoms with Crippen LogP contribution in [0.25, 0.3) is 16.6 Å². The van der Waals surface area contributed by atoms with Gasteiger partial charge < -0.3 is 21.3 Å². The molecule has 4 aliphatic heterocycles. The molecule has 0 radical (unpaired) electrons. The summed E-state index contributed by atoms with van der Waals surface area (Å²) in [6.07, 6.45) is 10.6. The Kier molecular flexibility index (Phi) is 8.06. The van der Waals surface area contributed by atoms with Crippen molar-refractivity contribution in [3.63, 3.8) is 0 Å². The Morgan fingerprint density at radius 3 is 2.67 bits per heavy atom. The van der Waals surface area contributed by atoms with Crippen LogP contribution < -0.4 is 26.6 Å². The molecule has 0 spiro atoms. The average Bonchev–Trinajstić information content (AvgIpc) is 3.79.